The van der Waals surface area contributed by atoms with Gasteiger partial charge in [-0.2, -0.15) is 26.3 Å². The SMILES string of the molecule is O=C(Nc1ccc(I)cc1C(F)(F)F)C(F)(F)F. The second kappa shape index (κ2) is 4.94. The number of hydrogen-bond donors (Lipinski definition) is 1. The van der Waals surface area contributed by atoms with E-state index in [1.54, 1.807) is 22.6 Å². The predicted octanol–water partition coefficient (Wildman–Crippen LogP) is 3.81. The van der Waals surface area contributed by atoms with Gasteiger partial charge in [0.2, 0.25) is 0 Å². The number of alkyl halides is 6. The van der Waals surface area contributed by atoms with Crippen LogP contribution in [0.25, 0.3) is 0 Å². The number of hydrogen-bond acceptors (Lipinski definition) is 1. The smallest absolute Gasteiger partial charge is 0.318 e. The summed E-state index contributed by atoms with van der Waals surface area (Å²) < 4.78 is 73.6. The molecular formula is C9H4F6INO. The Morgan fingerprint density at radius 2 is 1.67 bits per heavy atom. The molecule has 0 aromatic heterocycles. The van der Waals surface area contributed by atoms with E-state index in [9.17, 15) is 31.1 Å². The van der Waals surface area contributed by atoms with E-state index in [0.29, 0.717) is 6.07 Å². The first-order valence-corrected chi connectivity index (χ1v) is 5.34. The average molecular weight is 383 g/mol. The fourth-order valence-electron chi connectivity index (χ4n) is 1.05. The lowest BCUT2D eigenvalue weighted by atomic mass is 10.1. The normalized spacial score (nSPS) is 12.4. The van der Waals surface area contributed by atoms with E-state index in [4.69, 9.17) is 0 Å². The second-order valence-corrected chi connectivity index (χ2v) is 4.39. The molecule has 1 aromatic carbocycles. The summed E-state index contributed by atoms with van der Waals surface area (Å²) >= 11 is 1.58. The number of amides is 1. The molecule has 0 saturated carbocycles. The molecule has 1 N–H and O–H groups in total. The Balaban J connectivity index is 3.14. The van der Waals surface area contributed by atoms with Gasteiger partial charge in [0.25, 0.3) is 0 Å². The summed E-state index contributed by atoms with van der Waals surface area (Å²) in [5.41, 5.74) is -2.25. The van der Waals surface area contributed by atoms with Crippen LogP contribution in [0.4, 0.5) is 32.0 Å². The third-order valence-electron chi connectivity index (χ3n) is 1.79. The zero-order valence-corrected chi connectivity index (χ0v) is 10.4. The summed E-state index contributed by atoms with van der Waals surface area (Å²) in [7, 11) is 0. The highest BCUT2D eigenvalue weighted by atomic mass is 127. The van der Waals surface area contributed by atoms with Crippen LogP contribution in [0.5, 0.6) is 0 Å². The van der Waals surface area contributed by atoms with Crippen LogP contribution in [-0.4, -0.2) is 12.1 Å². The largest absolute Gasteiger partial charge is 0.471 e. The standard InChI is InChI=1S/C9H4F6INO/c10-8(11,12)5-3-4(16)1-2-6(5)17-7(18)9(13,14)15/h1-3H,(H,17,18). The molecule has 0 aliphatic rings. The summed E-state index contributed by atoms with van der Waals surface area (Å²) in [4.78, 5) is 10.6. The summed E-state index contributed by atoms with van der Waals surface area (Å²) in [6.07, 6.45) is -10.1. The van der Waals surface area contributed by atoms with Crippen LogP contribution in [-0.2, 0) is 11.0 Å². The molecule has 1 aromatic rings. The van der Waals surface area contributed by atoms with Crippen LogP contribution >= 0.6 is 22.6 Å². The second-order valence-electron chi connectivity index (χ2n) is 3.14. The van der Waals surface area contributed by atoms with Crippen molar-refractivity contribution >= 4 is 34.2 Å². The summed E-state index contributed by atoms with van der Waals surface area (Å²) in [6.45, 7) is 0. The molecule has 18 heavy (non-hydrogen) atoms. The molecular weight excluding hydrogens is 379 g/mol. The molecule has 0 radical (unpaired) electrons. The van der Waals surface area contributed by atoms with Gasteiger partial charge in [-0.05, 0) is 40.8 Å². The first-order chi connectivity index (χ1) is 8.01. The topological polar surface area (TPSA) is 29.1 Å². The number of nitrogens with one attached hydrogen (secondary N) is 1. The maximum Gasteiger partial charge on any atom is 0.471 e. The lowest BCUT2D eigenvalue weighted by Crippen LogP contribution is -2.30. The Bertz CT molecular complexity index is 467. The number of benzene rings is 1. The van der Waals surface area contributed by atoms with Gasteiger partial charge >= 0.3 is 18.3 Å². The van der Waals surface area contributed by atoms with Crippen LogP contribution in [0.3, 0.4) is 0 Å². The lowest BCUT2D eigenvalue weighted by Gasteiger charge is -2.15. The Hall–Kier alpha value is -1.00. The molecule has 1 rings (SSSR count). The Morgan fingerprint density at radius 1 is 1.11 bits per heavy atom. The third kappa shape index (κ3) is 3.75. The zero-order chi connectivity index (χ0) is 14.1. The van der Waals surface area contributed by atoms with Crippen molar-refractivity contribution in [3.05, 3.63) is 27.3 Å². The van der Waals surface area contributed by atoms with Crippen molar-refractivity contribution in [2.45, 2.75) is 12.4 Å². The van der Waals surface area contributed by atoms with Gasteiger partial charge in [-0.1, -0.05) is 0 Å². The van der Waals surface area contributed by atoms with Crippen molar-refractivity contribution in [3.8, 4) is 0 Å². The Labute approximate surface area is 110 Å². The average Bonchev–Trinajstić information content (AvgIpc) is 2.17. The van der Waals surface area contributed by atoms with Crippen molar-refractivity contribution in [1.82, 2.24) is 0 Å². The monoisotopic (exact) mass is 383 g/mol. The number of rotatable bonds is 1. The minimum atomic E-state index is -5.24. The molecule has 2 nitrogen and oxygen atoms in total. The van der Waals surface area contributed by atoms with Gasteiger partial charge < -0.3 is 5.32 Å². The molecule has 0 spiro atoms. The number of halogens is 7. The van der Waals surface area contributed by atoms with Gasteiger partial charge in [-0.3, -0.25) is 4.79 Å². The molecule has 100 valence electrons. The quantitative estimate of drug-likeness (QED) is 0.580. The molecule has 0 bridgehead atoms. The minimum Gasteiger partial charge on any atom is -0.318 e. The first kappa shape index (κ1) is 15.1. The molecule has 0 aliphatic heterocycles. The van der Waals surface area contributed by atoms with Gasteiger partial charge in [0.05, 0.1) is 11.3 Å². The Morgan fingerprint density at radius 3 is 2.11 bits per heavy atom. The van der Waals surface area contributed by atoms with Crippen molar-refractivity contribution in [1.29, 1.82) is 0 Å². The fraction of sp³-hybridized carbons (Fsp3) is 0.222. The van der Waals surface area contributed by atoms with E-state index in [1.165, 1.54) is 5.32 Å². The van der Waals surface area contributed by atoms with Crippen molar-refractivity contribution in [2.75, 3.05) is 5.32 Å². The predicted molar refractivity (Wildman–Crippen MR) is 58.8 cm³/mol. The minimum absolute atomic E-state index is 0.185. The molecule has 0 unspecified atom stereocenters. The van der Waals surface area contributed by atoms with E-state index in [1.807, 2.05) is 0 Å². The van der Waals surface area contributed by atoms with E-state index in [-0.39, 0.29) is 3.57 Å². The molecule has 0 fully saturated rings. The van der Waals surface area contributed by atoms with E-state index < -0.39 is 29.5 Å². The lowest BCUT2D eigenvalue weighted by molar-refractivity contribution is -0.167. The van der Waals surface area contributed by atoms with Crippen LogP contribution < -0.4 is 5.32 Å². The molecule has 1 amide bonds. The highest BCUT2D eigenvalue weighted by Crippen LogP contribution is 2.36. The molecule has 0 saturated heterocycles. The van der Waals surface area contributed by atoms with Gasteiger partial charge in [-0.15, -0.1) is 0 Å². The highest BCUT2D eigenvalue weighted by Gasteiger charge is 2.41. The van der Waals surface area contributed by atoms with Gasteiger partial charge in [-0.25, -0.2) is 0 Å². The van der Waals surface area contributed by atoms with Crippen LogP contribution in [0.2, 0.25) is 0 Å². The molecule has 0 aliphatic carbocycles. The van der Waals surface area contributed by atoms with Gasteiger partial charge in [0.15, 0.2) is 0 Å². The van der Waals surface area contributed by atoms with Crippen LogP contribution in [0.15, 0.2) is 18.2 Å². The zero-order valence-electron chi connectivity index (χ0n) is 8.29. The summed E-state index contributed by atoms with van der Waals surface area (Å²) in [5.74, 6) is -2.45. The molecule has 9 heteroatoms. The van der Waals surface area contributed by atoms with Gasteiger partial charge in [0, 0.05) is 3.57 Å². The van der Waals surface area contributed by atoms with Crippen molar-refractivity contribution in [2.24, 2.45) is 0 Å². The number of carbonyl (C=O) groups excluding carboxylic acids is 1. The number of anilines is 1. The van der Waals surface area contributed by atoms with E-state index in [0.717, 1.165) is 12.1 Å². The Kier molecular flexibility index (Phi) is 4.13. The summed E-state index contributed by atoms with van der Waals surface area (Å²) in [6, 6.07) is 2.57. The van der Waals surface area contributed by atoms with Crippen molar-refractivity contribution < 1.29 is 31.1 Å². The van der Waals surface area contributed by atoms with E-state index >= 15 is 0 Å². The first-order valence-electron chi connectivity index (χ1n) is 4.27. The maximum absolute atomic E-state index is 12.5. The van der Waals surface area contributed by atoms with Crippen LogP contribution in [0, 0.1) is 3.57 Å². The molecule has 0 heterocycles. The maximum atomic E-state index is 12.5. The number of carbonyl (C=O) groups is 1. The van der Waals surface area contributed by atoms with Crippen LogP contribution in [0.1, 0.15) is 5.56 Å². The van der Waals surface area contributed by atoms with Crippen molar-refractivity contribution in [3.63, 3.8) is 0 Å². The van der Waals surface area contributed by atoms with E-state index in [2.05, 4.69) is 0 Å². The fourth-order valence-corrected chi connectivity index (χ4v) is 1.54. The highest BCUT2D eigenvalue weighted by molar-refractivity contribution is 14.1. The molecule has 0 atom stereocenters. The van der Waals surface area contributed by atoms with Gasteiger partial charge in [0.1, 0.15) is 0 Å². The summed E-state index contributed by atoms with van der Waals surface area (Å²) in [5, 5.41) is 1.20. The third-order valence-corrected chi connectivity index (χ3v) is 2.46.